The summed E-state index contributed by atoms with van der Waals surface area (Å²) < 4.78 is 1.04. The number of thiol groups is 1. The third kappa shape index (κ3) is 4.24. The summed E-state index contributed by atoms with van der Waals surface area (Å²) in [4.78, 5) is 12.3. The summed E-state index contributed by atoms with van der Waals surface area (Å²) in [5, 5.41) is 11.4. The number of hydrogen-bond donors (Lipinski definition) is 2. The van der Waals surface area contributed by atoms with Crippen LogP contribution in [0.4, 0.5) is 0 Å². The van der Waals surface area contributed by atoms with Crippen LogP contribution >= 0.6 is 28.6 Å². The molecule has 1 aromatic rings. The largest absolute Gasteiger partial charge is 0.343 e. The van der Waals surface area contributed by atoms with Gasteiger partial charge < -0.3 is 5.32 Å². The second-order valence-electron chi connectivity index (χ2n) is 5.43. The second-order valence-corrected chi connectivity index (χ2v) is 6.90. The fourth-order valence-corrected chi connectivity index (χ4v) is 3.82. The first kappa shape index (κ1) is 16.4. The molecule has 3 nitrogen and oxygen atoms in total. The van der Waals surface area contributed by atoms with Gasteiger partial charge in [-0.05, 0) is 36.5 Å². The fraction of sp³-hybridized carbons (Fsp3) is 0.500. The van der Waals surface area contributed by atoms with Crippen LogP contribution in [0, 0.1) is 23.2 Å². The lowest BCUT2D eigenvalue weighted by molar-refractivity contribution is -0.127. The Morgan fingerprint density at radius 2 is 2.05 bits per heavy atom. The van der Waals surface area contributed by atoms with E-state index in [2.05, 4.69) is 33.4 Å². The molecule has 0 saturated heterocycles. The van der Waals surface area contributed by atoms with Crippen LogP contribution in [-0.2, 0) is 4.79 Å². The van der Waals surface area contributed by atoms with E-state index < -0.39 is 0 Å². The van der Waals surface area contributed by atoms with E-state index in [0.29, 0.717) is 0 Å². The van der Waals surface area contributed by atoms with Gasteiger partial charge in [-0.1, -0.05) is 40.9 Å². The van der Waals surface area contributed by atoms with E-state index >= 15 is 0 Å². The van der Waals surface area contributed by atoms with Gasteiger partial charge in [0.15, 0.2) is 0 Å². The van der Waals surface area contributed by atoms with E-state index in [1.165, 1.54) is 0 Å². The molecule has 0 aliphatic heterocycles. The van der Waals surface area contributed by atoms with Gasteiger partial charge in [-0.2, -0.15) is 17.9 Å². The molecule has 1 unspecified atom stereocenters. The Morgan fingerprint density at radius 1 is 1.38 bits per heavy atom. The van der Waals surface area contributed by atoms with Crippen LogP contribution in [0.25, 0.3) is 0 Å². The number of nitrogens with zero attached hydrogens (tertiary/aromatic N) is 1. The molecule has 0 bridgehead atoms. The van der Waals surface area contributed by atoms with Crippen LogP contribution in [0.3, 0.4) is 0 Å². The van der Waals surface area contributed by atoms with Gasteiger partial charge in [0.05, 0.1) is 6.07 Å². The third-order valence-corrected chi connectivity index (χ3v) is 5.32. The Hall–Kier alpha value is -0.990. The average molecular weight is 367 g/mol. The maximum atomic E-state index is 12.3. The molecule has 1 aromatic carbocycles. The second kappa shape index (κ2) is 7.86. The van der Waals surface area contributed by atoms with Crippen molar-refractivity contribution in [2.24, 2.45) is 11.8 Å². The van der Waals surface area contributed by atoms with Gasteiger partial charge >= 0.3 is 0 Å². The summed E-state index contributed by atoms with van der Waals surface area (Å²) in [7, 11) is 0. The molecule has 1 saturated carbocycles. The number of amides is 1. The number of nitrogens with one attached hydrogen (secondary N) is 1. The minimum atomic E-state index is -0.0433. The summed E-state index contributed by atoms with van der Waals surface area (Å²) in [6.07, 6.45) is 4.10. The minimum absolute atomic E-state index is 0.00240. The summed E-state index contributed by atoms with van der Waals surface area (Å²) in [6.45, 7) is 0.0809. The minimum Gasteiger partial charge on any atom is -0.343 e. The van der Waals surface area contributed by atoms with Gasteiger partial charge in [-0.15, -0.1) is 0 Å². The van der Waals surface area contributed by atoms with Crippen LogP contribution in [0.1, 0.15) is 36.5 Å². The Morgan fingerprint density at radius 3 is 2.71 bits per heavy atom. The van der Waals surface area contributed by atoms with Crippen molar-refractivity contribution in [3.8, 4) is 6.07 Å². The molecule has 21 heavy (non-hydrogen) atoms. The average Bonchev–Trinajstić information content (AvgIpc) is 2.52. The molecule has 1 fully saturated rings. The normalized spacial score (nSPS) is 23.1. The number of halogens is 1. The number of hydrogen-bond acceptors (Lipinski definition) is 3. The van der Waals surface area contributed by atoms with Gasteiger partial charge in [-0.25, -0.2) is 0 Å². The summed E-state index contributed by atoms with van der Waals surface area (Å²) in [6, 6.07) is 10.1. The number of benzene rings is 1. The highest BCUT2D eigenvalue weighted by molar-refractivity contribution is 9.10. The molecular weight excluding hydrogens is 348 g/mol. The smallest absolute Gasteiger partial charge is 0.224 e. The molecule has 2 rings (SSSR count). The zero-order chi connectivity index (χ0) is 15.2. The molecule has 3 atom stereocenters. The number of carbonyl (C=O) groups excluding carboxylic acids is 1. The Balaban J connectivity index is 2.12. The zero-order valence-electron chi connectivity index (χ0n) is 11.8. The van der Waals surface area contributed by atoms with Gasteiger partial charge in [0.2, 0.25) is 5.91 Å². The van der Waals surface area contributed by atoms with Crippen LogP contribution < -0.4 is 5.32 Å². The van der Waals surface area contributed by atoms with Crippen molar-refractivity contribution in [3.63, 3.8) is 0 Å². The molecule has 112 valence electrons. The van der Waals surface area contributed by atoms with Crippen molar-refractivity contribution in [2.75, 3.05) is 6.54 Å². The first-order chi connectivity index (χ1) is 10.1. The predicted molar refractivity (Wildman–Crippen MR) is 89.9 cm³/mol. The van der Waals surface area contributed by atoms with E-state index in [-0.39, 0.29) is 29.5 Å². The van der Waals surface area contributed by atoms with E-state index in [9.17, 15) is 4.79 Å². The highest BCUT2D eigenvalue weighted by atomic mass is 79.9. The third-order valence-electron chi connectivity index (χ3n) is 4.11. The number of rotatable bonds is 4. The topological polar surface area (TPSA) is 52.9 Å². The molecule has 1 aliphatic rings. The first-order valence-electron chi connectivity index (χ1n) is 7.21. The van der Waals surface area contributed by atoms with E-state index in [1.807, 2.05) is 18.2 Å². The first-order valence-corrected chi connectivity index (χ1v) is 8.52. The maximum absolute atomic E-state index is 12.3. The predicted octanol–water partition coefficient (Wildman–Crippen LogP) is 3.87. The number of nitriles is 1. The fourth-order valence-electron chi connectivity index (χ4n) is 3.03. The summed E-state index contributed by atoms with van der Waals surface area (Å²) in [5.41, 5.74) is 1.14. The lowest BCUT2D eigenvalue weighted by Crippen LogP contribution is -2.38. The van der Waals surface area contributed by atoms with E-state index in [4.69, 9.17) is 17.9 Å². The molecule has 5 heteroatoms. The monoisotopic (exact) mass is 366 g/mol. The summed E-state index contributed by atoms with van der Waals surface area (Å²) in [5.74, 6) is 0.178. The Labute approximate surface area is 139 Å². The molecule has 0 radical (unpaired) electrons. The lowest BCUT2D eigenvalue weighted by atomic mass is 9.75. The quantitative estimate of drug-likeness (QED) is 0.627. The van der Waals surface area contributed by atoms with Gasteiger partial charge in [0.1, 0.15) is 6.54 Å². The molecule has 0 spiro atoms. The van der Waals surface area contributed by atoms with Crippen molar-refractivity contribution in [3.05, 3.63) is 34.3 Å². The van der Waals surface area contributed by atoms with Crippen LogP contribution in [0.2, 0.25) is 0 Å². The molecule has 1 N–H and O–H groups in total. The highest BCUT2D eigenvalue weighted by Gasteiger charge is 2.35. The maximum Gasteiger partial charge on any atom is 0.224 e. The van der Waals surface area contributed by atoms with Crippen molar-refractivity contribution in [2.45, 2.75) is 30.9 Å². The van der Waals surface area contributed by atoms with Crippen molar-refractivity contribution < 1.29 is 4.79 Å². The molecule has 1 amide bonds. The standard InChI is InChI=1S/C16H19BrN2OS/c17-12-7-5-11(6-8-12)15(21)13-3-1-2-4-14(13)16(20)19-10-9-18/h5-8,13-15,21H,1-4,10H2,(H,19,20)/t13-,14-,15?/m0/s1. The molecule has 0 heterocycles. The summed E-state index contributed by atoms with van der Waals surface area (Å²) >= 11 is 8.22. The lowest BCUT2D eigenvalue weighted by Gasteiger charge is -2.34. The van der Waals surface area contributed by atoms with Crippen molar-refractivity contribution in [1.29, 1.82) is 5.26 Å². The van der Waals surface area contributed by atoms with Crippen LogP contribution in [0.5, 0.6) is 0 Å². The van der Waals surface area contributed by atoms with Crippen molar-refractivity contribution >= 4 is 34.5 Å². The van der Waals surface area contributed by atoms with Gasteiger partial charge in [0, 0.05) is 15.6 Å². The SMILES string of the molecule is N#CCNC(=O)[C@H]1CCCC[C@@H]1C(S)c1ccc(Br)cc1. The van der Waals surface area contributed by atoms with E-state index in [1.54, 1.807) is 0 Å². The highest BCUT2D eigenvalue weighted by Crippen LogP contribution is 2.42. The van der Waals surface area contributed by atoms with Crippen molar-refractivity contribution in [1.82, 2.24) is 5.32 Å². The zero-order valence-corrected chi connectivity index (χ0v) is 14.2. The van der Waals surface area contributed by atoms with Gasteiger partial charge in [-0.3, -0.25) is 4.79 Å². The Bertz CT molecular complexity index is 526. The molecule has 0 aromatic heterocycles. The van der Waals surface area contributed by atoms with E-state index in [0.717, 1.165) is 35.7 Å². The molecular formula is C16H19BrN2OS. The number of carbonyl (C=O) groups is 1. The Kier molecular flexibility index (Phi) is 6.13. The van der Waals surface area contributed by atoms with Gasteiger partial charge in [0.25, 0.3) is 0 Å². The molecule has 1 aliphatic carbocycles. The van der Waals surface area contributed by atoms with Crippen LogP contribution in [0.15, 0.2) is 28.7 Å². The van der Waals surface area contributed by atoms with Crippen LogP contribution in [-0.4, -0.2) is 12.5 Å².